The monoisotopic (exact) mass is 572 g/mol. The third kappa shape index (κ3) is 6.54. The van der Waals surface area contributed by atoms with Crippen LogP contribution in [0, 0.1) is 0 Å². The van der Waals surface area contributed by atoms with Gasteiger partial charge in [-0.1, -0.05) is 30.3 Å². The molecule has 220 valence electrons. The van der Waals surface area contributed by atoms with Crippen molar-refractivity contribution in [3.05, 3.63) is 54.1 Å². The van der Waals surface area contributed by atoms with Gasteiger partial charge in [0, 0.05) is 51.4 Å². The number of anilines is 3. The Morgan fingerprint density at radius 1 is 0.881 bits per heavy atom. The number of carbonyl (C=O) groups excluding carboxylic acids is 1. The summed E-state index contributed by atoms with van der Waals surface area (Å²) >= 11 is 0. The first kappa shape index (κ1) is 27.7. The predicted octanol–water partition coefficient (Wildman–Crippen LogP) is 4.19. The molecular weight excluding hydrogens is 536 g/mol. The maximum atomic E-state index is 12.6. The second-order valence-corrected chi connectivity index (χ2v) is 11.4. The van der Waals surface area contributed by atoms with Gasteiger partial charge in [-0.05, 0) is 44.5 Å². The van der Waals surface area contributed by atoms with Crippen molar-refractivity contribution in [2.75, 3.05) is 67.6 Å². The zero-order valence-corrected chi connectivity index (χ0v) is 24.2. The van der Waals surface area contributed by atoms with Crippen molar-refractivity contribution in [1.29, 1.82) is 0 Å². The Morgan fingerprint density at radius 3 is 2.26 bits per heavy atom. The Morgan fingerprint density at radius 2 is 1.57 bits per heavy atom. The molecule has 12 nitrogen and oxygen atoms in total. The van der Waals surface area contributed by atoms with E-state index in [2.05, 4.69) is 32.2 Å². The fourth-order valence-electron chi connectivity index (χ4n) is 4.86. The summed E-state index contributed by atoms with van der Waals surface area (Å²) in [7, 11) is 0. The Hall–Kier alpha value is -4.45. The number of benzene rings is 2. The highest BCUT2D eigenvalue weighted by atomic mass is 16.6. The fourth-order valence-corrected chi connectivity index (χ4v) is 4.86. The standard InChI is InChI=1S/C30H36N8O4/c1-30(2,3)42-29(39)38-13-11-36(12-14-38)26-33-25(34-27(35-26)37-15-17-40-18-16-37)22-9-10-24-23(19-22)32-28(41-24)31-20-21-7-5-4-6-8-21/h4-10,19H,11-18,20H2,1-3H3,(H,31,32). The number of aromatic nitrogens is 4. The van der Waals surface area contributed by atoms with E-state index in [9.17, 15) is 4.79 Å². The first-order valence-electron chi connectivity index (χ1n) is 14.3. The molecule has 12 heteroatoms. The van der Waals surface area contributed by atoms with E-state index >= 15 is 0 Å². The van der Waals surface area contributed by atoms with Gasteiger partial charge >= 0.3 is 6.09 Å². The van der Waals surface area contributed by atoms with Gasteiger partial charge in [-0.2, -0.15) is 19.9 Å². The highest BCUT2D eigenvalue weighted by molar-refractivity contribution is 5.80. The average Bonchev–Trinajstić information content (AvgIpc) is 3.42. The summed E-state index contributed by atoms with van der Waals surface area (Å²) in [6, 6.07) is 16.3. The molecule has 4 aromatic rings. The van der Waals surface area contributed by atoms with Crippen LogP contribution in [0.3, 0.4) is 0 Å². The zero-order valence-electron chi connectivity index (χ0n) is 24.2. The number of ether oxygens (including phenoxy) is 2. The van der Waals surface area contributed by atoms with Gasteiger partial charge in [0.25, 0.3) is 6.01 Å². The predicted molar refractivity (Wildman–Crippen MR) is 160 cm³/mol. The van der Waals surface area contributed by atoms with Gasteiger partial charge in [0.1, 0.15) is 11.1 Å². The van der Waals surface area contributed by atoms with Crippen LogP contribution >= 0.6 is 0 Å². The minimum absolute atomic E-state index is 0.300. The van der Waals surface area contributed by atoms with Gasteiger partial charge in [-0.15, -0.1) is 0 Å². The van der Waals surface area contributed by atoms with E-state index in [1.807, 2.05) is 57.2 Å². The molecule has 2 saturated heterocycles. The van der Waals surface area contributed by atoms with Crippen molar-refractivity contribution in [3.63, 3.8) is 0 Å². The number of piperazine rings is 1. The van der Waals surface area contributed by atoms with E-state index in [0.29, 0.717) is 93.9 Å². The number of fused-ring (bicyclic) bond motifs is 1. The number of hydrogen-bond donors (Lipinski definition) is 1. The van der Waals surface area contributed by atoms with Crippen LogP contribution in [0.15, 0.2) is 52.9 Å². The van der Waals surface area contributed by atoms with Crippen LogP contribution < -0.4 is 15.1 Å². The SMILES string of the molecule is CC(C)(C)OC(=O)N1CCN(c2nc(-c3ccc4oc(NCc5ccccc5)nc4c3)nc(N3CCOCC3)n2)CC1. The smallest absolute Gasteiger partial charge is 0.410 e. The normalized spacial score (nSPS) is 16.1. The lowest BCUT2D eigenvalue weighted by atomic mass is 10.2. The molecule has 2 aliphatic rings. The van der Waals surface area contributed by atoms with Crippen LogP contribution in [0.1, 0.15) is 26.3 Å². The van der Waals surface area contributed by atoms with Crippen molar-refractivity contribution in [2.45, 2.75) is 32.9 Å². The second-order valence-electron chi connectivity index (χ2n) is 11.4. The van der Waals surface area contributed by atoms with E-state index in [4.69, 9.17) is 28.8 Å². The van der Waals surface area contributed by atoms with Crippen LogP contribution in [0.2, 0.25) is 0 Å². The van der Waals surface area contributed by atoms with Crippen LogP contribution in [0.25, 0.3) is 22.5 Å². The molecule has 0 atom stereocenters. The van der Waals surface area contributed by atoms with E-state index in [0.717, 1.165) is 11.1 Å². The molecule has 1 amide bonds. The molecule has 4 heterocycles. The first-order valence-corrected chi connectivity index (χ1v) is 14.3. The number of oxazole rings is 1. The minimum atomic E-state index is -0.534. The molecule has 1 N–H and O–H groups in total. The number of hydrogen-bond acceptors (Lipinski definition) is 11. The quantitative estimate of drug-likeness (QED) is 0.358. The maximum Gasteiger partial charge on any atom is 0.410 e. The number of carbonyl (C=O) groups is 1. The number of morpholine rings is 1. The number of nitrogens with one attached hydrogen (secondary N) is 1. The maximum absolute atomic E-state index is 12.6. The molecule has 2 aliphatic heterocycles. The van der Waals surface area contributed by atoms with Gasteiger partial charge < -0.3 is 33.9 Å². The molecule has 2 fully saturated rings. The van der Waals surface area contributed by atoms with Crippen molar-refractivity contribution in [3.8, 4) is 11.4 Å². The number of rotatable bonds is 6. The van der Waals surface area contributed by atoms with Crippen LogP contribution in [0.4, 0.5) is 22.7 Å². The zero-order chi connectivity index (χ0) is 29.1. The molecule has 2 aromatic heterocycles. The van der Waals surface area contributed by atoms with Crippen LogP contribution in [0.5, 0.6) is 0 Å². The topological polar surface area (TPSA) is 122 Å². The van der Waals surface area contributed by atoms with Gasteiger partial charge in [0.2, 0.25) is 11.9 Å². The van der Waals surface area contributed by atoms with E-state index < -0.39 is 5.60 Å². The van der Waals surface area contributed by atoms with Crippen molar-refractivity contribution < 1.29 is 18.7 Å². The minimum Gasteiger partial charge on any atom is -0.444 e. The van der Waals surface area contributed by atoms with Gasteiger partial charge in [-0.3, -0.25) is 0 Å². The van der Waals surface area contributed by atoms with E-state index in [1.54, 1.807) is 4.90 Å². The van der Waals surface area contributed by atoms with E-state index in [-0.39, 0.29) is 6.09 Å². The Bertz CT molecular complexity index is 1520. The molecule has 0 saturated carbocycles. The van der Waals surface area contributed by atoms with Crippen LogP contribution in [-0.4, -0.2) is 89.0 Å². The molecule has 2 aromatic carbocycles. The van der Waals surface area contributed by atoms with Crippen LogP contribution in [-0.2, 0) is 16.0 Å². The Kier molecular flexibility index (Phi) is 7.79. The average molecular weight is 573 g/mol. The van der Waals surface area contributed by atoms with Crippen molar-refractivity contribution in [1.82, 2.24) is 24.8 Å². The molecule has 0 bridgehead atoms. The lowest BCUT2D eigenvalue weighted by Crippen LogP contribution is -2.50. The molecule has 0 spiro atoms. The Labute approximate surface area is 244 Å². The lowest BCUT2D eigenvalue weighted by Gasteiger charge is -2.36. The Balaban J connectivity index is 1.24. The van der Waals surface area contributed by atoms with Crippen molar-refractivity contribution >= 4 is 35.1 Å². The largest absolute Gasteiger partial charge is 0.444 e. The van der Waals surface area contributed by atoms with Gasteiger partial charge in [0.05, 0.1) is 13.2 Å². The third-order valence-electron chi connectivity index (χ3n) is 7.05. The summed E-state index contributed by atoms with van der Waals surface area (Å²) < 4.78 is 17.0. The summed E-state index contributed by atoms with van der Waals surface area (Å²) in [6.45, 7) is 11.1. The summed E-state index contributed by atoms with van der Waals surface area (Å²) in [4.78, 5) is 37.8. The highest BCUT2D eigenvalue weighted by Crippen LogP contribution is 2.27. The lowest BCUT2D eigenvalue weighted by molar-refractivity contribution is 0.0240. The summed E-state index contributed by atoms with van der Waals surface area (Å²) in [5, 5.41) is 3.26. The molecule has 0 unspecified atom stereocenters. The van der Waals surface area contributed by atoms with Gasteiger partial charge in [0.15, 0.2) is 11.4 Å². The molecule has 0 radical (unpaired) electrons. The third-order valence-corrected chi connectivity index (χ3v) is 7.05. The molecule has 0 aliphatic carbocycles. The highest BCUT2D eigenvalue weighted by Gasteiger charge is 2.28. The summed E-state index contributed by atoms with van der Waals surface area (Å²) in [5.74, 6) is 1.74. The van der Waals surface area contributed by atoms with E-state index in [1.165, 1.54) is 0 Å². The van der Waals surface area contributed by atoms with Gasteiger partial charge in [-0.25, -0.2) is 4.79 Å². The first-order chi connectivity index (χ1) is 20.3. The number of nitrogens with zero attached hydrogens (tertiary/aromatic N) is 7. The summed E-state index contributed by atoms with van der Waals surface area (Å²) in [6.07, 6.45) is -0.300. The second kappa shape index (κ2) is 11.8. The fraction of sp³-hybridized carbons (Fsp3) is 0.433. The molecule has 6 rings (SSSR count). The number of amides is 1. The van der Waals surface area contributed by atoms with Crippen molar-refractivity contribution in [2.24, 2.45) is 0 Å². The molecular formula is C30H36N8O4. The molecule has 42 heavy (non-hydrogen) atoms. The summed E-state index contributed by atoms with van der Waals surface area (Å²) in [5.41, 5.74) is 2.81.